The zero-order chi connectivity index (χ0) is 10.7. The summed E-state index contributed by atoms with van der Waals surface area (Å²) in [5.41, 5.74) is 0.859. The van der Waals surface area contributed by atoms with Crippen molar-refractivity contribution in [1.29, 1.82) is 0 Å². The lowest BCUT2D eigenvalue weighted by Gasteiger charge is -2.27. The Bertz CT molecular complexity index is 306. The highest BCUT2D eigenvalue weighted by Crippen LogP contribution is 2.12. The van der Waals surface area contributed by atoms with Gasteiger partial charge >= 0.3 is 0 Å². The second kappa shape index (κ2) is 4.72. The average Bonchev–Trinajstić information content (AvgIpc) is 2.65. The van der Waals surface area contributed by atoms with Crippen molar-refractivity contribution in [2.45, 2.75) is 37.8 Å². The Morgan fingerprint density at radius 2 is 2.53 bits per heavy atom. The molecule has 1 aromatic heterocycles. The molecular formula is C10H18N4O. The summed E-state index contributed by atoms with van der Waals surface area (Å²) in [6.07, 6.45) is 5.57. The highest BCUT2D eigenvalue weighted by molar-refractivity contribution is 4.96. The van der Waals surface area contributed by atoms with E-state index >= 15 is 0 Å². The zero-order valence-electron chi connectivity index (χ0n) is 9.06. The van der Waals surface area contributed by atoms with Crippen LogP contribution in [0.25, 0.3) is 0 Å². The van der Waals surface area contributed by atoms with E-state index in [1.807, 2.05) is 13.2 Å². The first-order valence-electron chi connectivity index (χ1n) is 5.52. The summed E-state index contributed by atoms with van der Waals surface area (Å²) in [7, 11) is 1.84. The van der Waals surface area contributed by atoms with Crippen LogP contribution in [0.2, 0.25) is 0 Å². The quantitative estimate of drug-likeness (QED) is 0.729. The van der Waals surface area contributed by atoms with E-state index in [0.29, 0.717) is 6.42 Å². The first-order chi connectivity index (χ1) is 7.25. The first kappa shape index (κ1) is 10.6. The van der Waals surface area contributed by atoms with Gasteiger partial charge in [-0.2, -0.15) is 0 Å². The van der Waals surface area contributed by atoms with Gasteiger partial charge in [0.05, 0.1) is 11.8 Å². The van der Waals surface area contributed by atoms with Crippen LogP contribution >= 0.6 is 0 Å². The van der Waals surface area contributed by atoms with E-state index in [-0.39, 0.29) is 12.1 Å². The summed E-state index contributed by atoms with van der Waals surface area (Å²) in [5, 5.41) is 21.2. The molecule has 0 aromatic carbocycles. The number of aryl methyl sites for hydroxylation is 1. The Kier molecular flexibility index (Phi) is 3.33. The minimum absolute atomic E-state index is 0.223. The van der Waals surface area contributed by atoms with Crippen LogP contribution in [0.5, 0.6) is 0 Å². The molecular weight excluding hydrogens is 192 g/mol. The van der Waals surface area contributed by atoms with Gasteiger partial charge in [0, 0.05) is 25.7 Å². The van der Waals surface area contributed by atoms with Crippen molar-refractivity contribution in [3.05, 3.63) is 11.9 Å². The third-order valence-electron chi connectivity index (χ3n) is 2.88. The lowest BCUT2D eigenvalue weighted by molar-refractivity contribution is 0.112. The number of hydrogen-bond donors (Lipinski definition) is 2. The molecule has 2 atom stereocenters. The van der Waals surface area contributed by atoms with E-state index in [2.05, 4.69) is 15.6 Å². The third-order valence-corrected chi connectivity index (χ3v) is 2.88. The largest absolute Gasteiger partial charge is 0.391 e. The molecule has 1 aromatic rings. The number of hydrogen-bond acceptors (Lipinski definition) is 4. The van der Waals surface area contributed by atoms with Crippen LogP contribution in [0.4, 0.5) is 0 Å². The molecule has 0 radical (unpaired) electrons. The molecule has 0 saturated carbocycles. The van der Waals surface area contributed by atoms with Crippen LogP contribution < -0.4 is 5.32 Å². The van der Waals surface area contributed by atoms with Crippen molar-refractivity contribution in [2.75, 3.05) is 6.54 Å². The fraction of sp³-hybridized carbons (Fsp3) is 0.800. The van der Waals surface area contributed by atoms with E-state index in [1.165, 1.54) is 12.8 Å². The van der Waals surface area contributed by atoms with E-state index in [0.717, 1.165) is 18.7 Å². The van der Waals surface area contributed by atoms with Crippen LogP contribution in [0, 0.1) is 0 Å². The molecule has 2 heterocycles. The number of nitrogens with one attached hydrogen (secondary N) is 1. The zero-order valence-corrected chi connectivity index (χ0v) is 9.06. The predicted octanol–water partition coefficient (Wildman–Crippen LogP) is -0.139. The molecule has 5 nitrogen and oxygen atoms in total. The fourth-order valence-electron chi connectivity index (χ4n) is 2.05. The Balaban J connectivity index is 1.88. The summed E-state index contributed by atoms with van der Waals surface area (Å²) in [4.78, 5) is 0. The smallest absolute Gasteiger partial charge is 0.0853 e. The van der Waals surface area contributed by atoms with Crippen LogP contribution in [-0.4, -0.2) is 38.8 Å². The molecule has 2 unspecified atom stereocenters. The number of piperidine rings is 1. The molecule has 0 spiro atoms. The van der Waals surface area contributed by atoms with E-state index in [9.17, 15) is 5.11 Å². The molecule has 15 heavy (non-hydrogen) atoms. The van der Waals surface area contributed by atoms with E-state index < -0.39 is 0 Å². The van der Waals surface area contributed by atoms with Crippen LogP contribution in [0.15, 0.2) is 6.20 Å². The van der Waals surface area contributed by atoms with Gasteiger partial charge in [-0.05, 0) is 19.4 Å². The van der Waals surface area contributed by atoms with Crippen molar-refractivity contribution in [2.24, 2.45) is 7.05 Å². The lowest BCUT2D eigenvalue weighted by Crippen LogP contribution is -2.44. The summed E-state index contributed by atoms with van der Waals surface area (Å²) in [6.45, 7) is 1.02. The molecule has 0 amide bonds. The molecule has 84 valence electrons. The average molecular weight is 210 g/mol. The normalized spacial score (nSPS) is 24.0. The highest BCUT2D eigenvalue weighted by Gasteiger charge is 2.22. The maximum absolute atomic E-state index is 10.00. The Morgan fingerprint density at radius 3 is 3.13 bits per heavy atom. The van der Waals surface area contributed by atoms with Gasteiger partial charge in [0.15, 0.2) is 0 Å². The van der Waals surface area contributed by atoms with Gasteiger partial charge < -0.3 is 10.4 Å². The molecule has 5 heteroatoms. The van der Waals surface area contributed by atoms with Crippen molar-refractivity contribution in [1.82, 2.24) is 20.3 Å². The molecule has 0 aliphatic carbocycles. The predicted molar refractivity (Wildman–Crippen MR) is 56.4 cm³/mol. The number of rotatable bonds is 3. The monoisotopic (exact) mass is 210 g/mol. The summed E-state index contributed by atoms with van der Waals surface area (Å²) < 4.78 is 1.66. The molecule has 1 aliphatic heterocycles. The number of aromatic nitrogens is 3. The van der Waals surface area contributed by atoms with Crippen LogP contribution in [-0.2, 0) is 13.5 Å². The third kappa shape index (κ3) is 2.76. The Hall–Kier alpha value is -0.940. The Morgan fingerprint density at radius 1 is 1.67 bits per heavy atom. The maximum Gasteiger partial charge on any atom is 0.0853 e. The van der Waals surface area contributed by atoms with E-state index in [4.69, 9.17) is 0 Å². The molecule has 1 aliphatic rings. The van der Waals surface area contributed by atoms with Gasteiger partial charge in [-0.1, -0.05) is 11.6 Å². The number of aliphatic hydroxyl groups is 1. The molecule has 0 bridgehead atoms. The SMILES string of the molecule is Cn1cc(CC(O)C2CCCCN2)nn1. The van der Waals surface area contributed by atoms with Gasteiger partial charge in [0.2, 0.25) is 0 Å². The van der Waals surface area contributed by atoms with Crippen molar-refractivity contribution >= 4 is 0 Å². The summed E-state index contributed by atoms with van der Waals surface area (Å²) in [6, 6.07) is 0.223. The first-order valence-corrected chi connectivity index (χ1v) is 5.52. The Labute approximate surface area is 89.5 Å². The molecule has 1 fully saturated rings. The van der Waals surface area contributed by atoms with Gasteiger partial charge in [-0.3, -0.25) is 4.68 Å². The minimum atomic E-state index is -0.345. The highest BCUT2D eigenvalue weighted by atomic mass is 16.3. The second-order valence-corrected chi connectivity index (χ2v) is 4.21. The summed E-state index contributed by atoms with van der Waals surface area (Å²) >= 11 is 0. The molecule has 1 saturated heterocycles. The van der Waals surface area contributed by atoms with Crippen LogP contribution in [0.1, 0.15) is 25.0 Å². The van der Waals surface area contributed by atoms with Crippen LogP contribution in [0.3, 0.4) is 0 Å². The van der Waals surface area contributed by atoms with Gasteiger partial charge in [0.1, 0.15) is 0 Å². The second-order valence-electron chi connectivity index (χ2n) is 4.21. The van der Waals surface area contributed by atoms with Crippen molar-refractivity contribution in [3.8, 4) is 0 Å². The lowest BCUT2D eigenvalue weighted by atomic mass is 9.97. The fourth-order valence-corrected chi connectivity index (χ4v) is 2.05. The molecule has 2 rings (SSSR count). The van der Waals surface area contributed by atoms with Crippen molar-refractivity contribution in [3.63, 3.8) is 0 Å². The maximum atomic E-state index is 10.00. The molecule has 2 N–H and O–H groups in total. The minimum Gasteiger partial charge on any atom is -0.391 e. The number of nitrogens with zero attached hydrogens (tertiary/aromatic N) is 3. The van der Waals surface area contributed by atoms with Gasteiger partial charge in [-0.25, -0.2) is 0 Å². The van der Waals surface area contributed by atoms with Gasteiger partial charge in [0.25, 0.3) is 0 Å². The van der Waals surface area contributed by atoms with E-state index in [1.54, 1.807) is 4.68 Å². The van der Waals surface area contributed by atoms with Gasteiger partial charge in [-0.15, -0.1) is 5.10 Å². The summed E-state index contributed by atoms with van der Waals surface area (Å²) in [5.74, 6) is 0. The van der Waals surface area contributed by atoms with Crippen molar-refractivity contribution < 1.29 is 5.11 Å². The standard InChI is InChI=1S/C10H18N4O/c1-14-7-8(12-13-14)6-10(15)9-4-2-3-5-11-9/h7,9-11,15H,2-6H2,1H3. The number of aliphatic hydroxyl groups excluding tert-OH is 1. The topological polar surface area (TPSA) is 63.0 Å².